The lowest BCUT2D eigenvalue weighted by Crippen LogP contribution is -2.51. The highest BCUT2D eigenvalue weighted by Crippen LogP contribution is 2.33. The highest BCUT2D eigenvalue weighted by atomic mass is 35.5. The molecule has 3 heterocycles. The summed E-state index contributed by atoms with van der Waals surface area (Å²) < 4.78 is 12.4. The molecule has 3 aromatic rings. The first-order valence-corrected chi connectivity index (χ1v) is 17.0. The van der Waals surface area contributed by atoms with Gasteiger partial charge in [-0.3, -0.25) is 14.5 Å². The Morgan fingerprint density at radius 3 is 2.52 bits per heavy atom. The van der Waals surface area contributed by atoms with E-state index in [1.54, 1.807) is 18.3 Å². The van der Waals surface area contributed by atoms with Crippen LogP contribution in [-0.4, -0.2) is 89.5 Å². The van der Waals surface area contributed by atoms with Gasteiger partial charge in [0.1, 0.15) is 6.29 Å². The van der Waals surface area contributed by atoms with Crippen LogP contribution in [0.3, 0.4) is 0 Å². The summed E-state index contributed by atoms with van der Waals surface area (Å²) in [6.07, 6.45) is 7.43. The number of halogens is 2. The third-order valence-corrected chi connectivity index (χ3v) is 10.3. The van der Waals surface area contributed by atoms with Gasteiger partial charge in [0, 0.05) is 53.7 Å². The molecule has 1 saturated carbocycles. The Morgan fingerprint density at radius 1 is 1.04 bits per heavy atom. The number of para-hydroxylation sites is 1. The zero-order valence-electron chi connectivity index (χ0n) is 26.3. The number of benzene rings is 2. The lowest BCUT2D eigenvalue weighted by Gasteiger charge is -2.38. The lowest BCUT2D eigenvalue weighted by atomic mass is 9.88. The second-order valence-electron chi connectivity index (χ2n) is 13.1. The van der Waals surface area contributed by atoms with Gasteiger partial charge in [0.25, 0.3) is 5.91 Å². The Labute approximate surface area is 279 Å². The molecule has 2 aliphatic heterocycles. The molecule has 6 rings (SSSR count). The number of carbonyl (C=O) groups excluding carboxylic acids is 3. The molecule has 2 saturated heterocycles. The molecule has 2 aromatic carbocycles. The second kappa shape index (κ2) is 14.4. The summed E-state index contributed by atoms with van der Waals surface area (Å²) in [6.45, 7) is 6.90. The number of amides is 2. The second-order valence-corrected chi connectivity index (χ2v) is 13.9. The van der Waals surface area contributed by atoms with Crippen molar-refractivity contribution < 1.29 is 23.9 Å². The van der Waals surface area contributed by atoms with Crippen LogP contribution < -0.4 is 5.32 Å². The van der Waals surface area contributed by atoms with Gasteiger partial charge in [-0.15, -0.1) is 0 Å². The van der Waals surface area contributed by atoms with Gasteiger partial charge in [-0.05, 0) is 69.7 Å². The number of aromatic nitrogens is 1. The van der Waals surface area contributed by atoms with E-state index < -0.39 is 0 Å². The number of nitrogens with one attached hydrogen (secondary N) is 2. The molecule has 46 heavy (non-hydrogen) atoms. The van der Waals surface area contributed by atoms with Crippen molar-refractivity contribution in [2.24, 2.45) is 5.92 Å². The fourth-order valence-electron chi connectivity index (χ4n) is 7.31. The average Bonchev–Trinajstić information content (AvgIpc) is 3.67. The minimum absolute atomic E-state index is 0.0383. The van der Waals surface area contributed by atoms with Crippen LogP contribution in [0.1, 0.15) is 61.9 Å². The van der Waals surface area contributed by atoms with E-state index in [2.05, 4.69) is 29.0 Å². The maximum Gasteiger partial charge on any atom is 0.257 e. The molecule has 0 unspecified atom stereocenters. The number of morpholine rings is 1. The van der Waals surface area contributed by atoms with Crippen molar-refractivity contribution in [1.29, 1.82) is 0 Å². The Balaban J connectivity index is 1.14. The van der Waals surface area contributed by atoms with Crippen LogP contribution in [0.2, 0.25) is 10.0 Å². The van der Waals surface area contributed by atoms with Crippen molar-refractivity contribution in [2.75, 3.05) is 31.6 Å². The molecule has 1 aliphatic carbocycles. The van der Waals surface area contributed by atoms with Crippen LogP contribution in [0, 0.1) is 5.92 Å². The molecule has 246 valence electrons. The van der Waals surface area contributed by atoms with E-state index in [1.165, 1.54) is 0 Å². The number of fused-ring (bicyclic) bond motifs is 1. The van der Waals surface area contributed by atoms with E-state index in [0.29, 0.717) is 40.0 Å². The molecule has 2 amide bonds. The fourth-order valence-corrected chi connectivity index (χ4v) is 7.77. The van der Waals surface area contributed by atoms with E-state index in [4.69, 9.17) is 32.7 Å². The Morgan fingerprint density at radius 2 is 1.78 bits per heavy atom. The summed E-state index contributed by atoms with van der Waals surface area (Å²) in [5.41, 5.74) is 2.34. The molecular formula is C35H42Cl2N4O5. The number of carbonyl (C=O) groups is 3. The summed E-state index contributed by atoms with van der Waals surface area (Å²) in [5.74, 6) is -0.218. The molecular weight excluding hydrogens is 627 g/mol. The number of nitrogens with zero attached hydrogens (tertiary/aromatic N) is 2. The standard InChI is InChI=1S/C35H42Cl2N4O5/c1-21-16-40(17-22(2)46-21)25-13-26(20-45-27-9-7-23(19-42)8-10-27)41(18-25)34(43)12-24-11-31(37)33(14-30(24)36)39-35(44)29-15-38-32-6-4-3-5-28(29)32/h3-6,11,14-15,19,21-23,25-27,38H,7-10,12-13,16-18,20H2,1-2H3,(H,39,44)/t21-,22+,23?,25-,26-,27?/m0/s1. The summed E-state index contributed by atoms with van der Waals surface area (Å²) in [7, 11) is 0. The third-order valence-electron chi connectivity index (χ3n) is 9.67. The largest absolute Gasteiger partial charge is 0.376 e. The molecule has 11 heteroatoms. The highest BCUT2D eigenvalue weighted by molar-refractivity contribution is 6.36. The van der Waals surface area contributed by atoms with Gasteiger partial charge in [-0.2, -0.15) is 0 Å². The lowest BCUT2D eigenvalue weighted by molar-refractivity contribution is -0.133. The Kier molecular flexibility index (Phi) is 10.3. The minimum Gasteiger partial charge on any atom is -0.376 e. The van der Waals surface area contributed by atoms with E-state index >= 15 is 0 Å². The normalized spacial score (nSPS) is 27.2. The van der Waals surface area contributed by atoms with Crippen molar-refractivity contribution in [3.63, 3.8) is 0 Å². The number of hydrogen-bond donors (Lipinski definition) is 2. The molecule has 2 N–H and O–H groups in total. The Hall–Kier alpha value is -2.95. The van der Waals surface area contributed by atoms with Crippen molar-refractivity contribution in [1.82, 2.24) is 14.8 Å². The maximum atomic E-state index is 13.9. The zero-order chi connectivity index (χ0) is 32.4. The number of hydrogen-bond acceptors (Lipinski definition) is 6. The summed E-state index contributed by atoms with van der Waals surface area (Å²) in [6, 6.07) is 11.0. The first-order valence-electron chi connectivity index (χ1n) is 16.3. The number of ether oxygens (including phenoxy) is 2. The molecule has 4 atom stereocenters. The van der Waals surface area contributed by atoms with Crippen LogP contribution in [0.5, 0.6) is 0 Å². The van der Waals surface area contributed by atoms with Gasteiger partial charge in [-0.1, -0.05) is 41.4 Å². The van der Waals surface area contributed by atoms with E-state index in [1.807, 2.05) is 29.2 Å². The van der Waals surface area contributed by atoms with Crippen LogP contribution in [0.4, 0.5) is 5.69 Å². The summed E-state index contributed by atoms with van der Waals surface area (Å²) in [5, 5.41) is 4.34. The SMILES string of the molecule is C[C@@H]1CN([C@H]2C[C@@H](COC3CCC(C=O)CC3)N(C(=O)Cc3cc(Cl)c(NC(=O)c4c[nH]c5ccccc45)cc3Cl)C2)C[C@H](C)O1. The van der Waals surface area contributed by atoms with Crippen LogP contribution in [-0.2, 0) is 25.5 Å². The van der Waals surface area contributed by atoms with Crippen LogP contribution in [0.15, 0.2) is 42.6 Å². The predicted octanol–water partition coefficient (Wildman–Crippen LogP) is 6.12. The number of anilines is 1. The highest BCUT2D eigenvalue weighted by Gasteiger charge is 2.40. The molecule has 3 fully saturated rings. The molecule has 0 spiro atoms. The minimum atomic E-state index is -0.309. The number of rotatable bonds is 9. The van der Waals surface area contributed by atoms with Crippen molar-refractivity contribution >= 4 is 57.9 Å². The van der Waals surface area contributed by atoms with Gasteiger partial charge < -0.3 is 29.5 Å². The van der Waals surface area contributed by atoms with Gasteiger partial charge in [-0.25, -0.2) is 0 Å². The zero-order valence-corrected chi connectivity index (χ0v) is 27.9. The molecule has 3 aliphatic rings. The maximum absolute atomic E-state index is 13.9. The van der Waals surface area contributed by atoms with Crippen LogP contribution in [0.25, 0.3) is 10.9 Å². The molecule has 9 nitrogen and oxygen atoms in total. The number of likely N-dealkylation sites (tertiary alicyclic amines) is 1. The number of H-pyrrole nitrogens is 1. The van der Waals surface area contributed by atoms with Crippen molar-refractivity contribution in [3.8, 4) is 0 Å². The molecule has 1 aromatic heterocycles. The first-order chi connectivity index (χ1) is 22.2. The Bertz CT molecular complexity index is 1560. The first kappa shape index (κ1) is 33.0. The fraction of sp³-hybridized carbons (Fsp3) is 0.514. The monoisotopic (exact) mass is 668 g/mol. The molecule has 0 radical (unpaired) electrons. The van der Waals surface area contributed by atoms with E-state index in [9.17, 15) is 14.4 Å². The van der Waals surface area contributed by atoms with Crippen LogP contribution >= 0.6 is 23.2 Å². The predicted molar refractivity (Wildman–Crippen MR) is 180 cm³/mol. The van der Waals surface area contributed by atoms with Gasteiger partial charge in [0.05, 0.1) is 53.7 Å². The van der Waals surface area contributed by atoms with Crippen molar-refractivity contribution in [2.45, 2.75) is 82.8 Å². The quantitative estimate of drug-likeness (QED) is 0.266. The average molecular weight is 670 g/mol. The topological polar surface area (TPSA) is 104 Å². The van der Waals surface area contributed by atoms with E-state index in [0.717, 1.165) is 62.4 Å². The van der Waals surface area contributed by atoms with Gasteiger partial charge in [0.15, 0.2) is 0 Å². The number of aldehydes is 1. The number of aromatic amines is 1. The summed E-state index contributed by atoms with van der Waals surface area (Å²) in [4.78, 5) is 45.7. The summed E-state index contributed by atoms with van der Waals surface area (Å²) >= 11 is 13.3. The smallest absolute Gasteiger partial charge is 0.257 e. The molecule has 0 bridgehead atoms. The van der Waals surface area contributed by atoms with E-state index in [-0.39, 0.29) is 54.5 Å². The van der Waals surface area contributed by atoms with Gasteiger partial charge in [0.2, 0.25) is 5.91 Å². The third kappa shape index (κ3) is 7.44. The van der Waals surface area contributed by atoms with Gasteiger partial charge >= 0.3 is 0 Å². The van der Waals surface area contributed by atoms with Crippen molar-refractivity contribution in [3.05, 3.63) is 63.8 Å².